The summed E-state index contributed by atoms with van der Waals surface area (Å²) in [4.78, 5) is 0. The number of aromatic nitrogens is 2. The quantitative estimate of drug-likeness (QED) is 0.172. The van der Waals surface area contributed by atoms with Crippen LogP contribution in [0.3, 0.4) is 0 Å². The highest BCUT2D eigenvalue weighted by molar-refractivity contribution is 7.26. The van der Waals surface area contributed by atoms with Crippen molar-refractivity contribution in [1.29, 1.82) is 0 Å². The van der Waals surface area contributed by atoms with Crippen LogP contribution in [-0.4, -0.2) is 9.13 Å². The van der Waals surface area contributed by atoms with Crippen LogP contribution >= 0.6 is 11.3 Å². The average molecular weight is 717 g/mol. The van der Waals surface area contributed by atoms with Crippen molar-refractivity contribution in [1.82, 2.24) is 9.13 Å². The summed E-state index contributed by atoms with van der Waals surface area (Å²) in [5.74, 6) is 0. The van der Waals surface area contributed by atoms with E-state index in [4.69, 9.17) is 0 Å². The smallest absolute Gasteiger partial charge is 0.0541 e. The molecule has 0 atom stereocenters. The van der Waals surface area contributed by atoms with Gasteiger partial charge in [-0.1, -0.05) is 127 Å². The van der Waals surface area contributed by atoms with Crippen molar-refractivity contribution < 1.29 is 0 Å². The minimum absolute atomic E-state index is 1.16. The highest BCUT2D eigenvalue weighted by Crippen LogP contribution is 2.42. The van der Waals surface area contributed by atoms with Crippen molar-refractivity contribution in [2.24, 2.45) is 0 Å². The molecule has 55 heavy (non-hydrogen) atoms. The first-order valence-electron chi connectivity index (χ1n) is 18.8. The summed E-state index contributed by atoms with van der Waals surface area (Å²) in [5.41, 5.74) is 12.1. The number of hydrogen-bond acceptors (Lipinski definition) is 1. The van der Waals surface area contributed by atoms with Gasteiger partial charge in [0.05, 0.1) is 22.1 Å². The molecule has 3 heterocycles. The highest BCUT2D eigenvalue weighted by atomic mass is 32.1. The summed E-state index contributed by atoms with van der Waals surface area (Å²) in [6.07, 6.45) is 0. The number of thiophene rings is 1. The number of para-hydroxylation sites is 2. The second-order valence-corrected chi connectivity index (χ2v) is 15.6. The molecular weight excluding hydrogens is 685 g/mol. The van der Waals surface area contributed by atoms with Gasteiger partial charge in [0.2, 0.25) is 0 Å². The van der Waals surface area contributed by atoms with Gasteiger partial charge in [-0.3, -0.25) is 0 Å². The maximum Gasteiger partial charge on any atom is 0.0541 e. The number of rotatable bonds is 4. The zero-order valence-electron chi connectivity index (χ0n) is 29.8. The third kappa shape index (κ3) is 4.60. The summed E-state index contributed by atoms with van der Waals surface area (Å²) in [7, 11) is 0. The minimum Gasteiger partial charge on any atom is -0.309 e. The molecule has 12 rings (SSSR count). The van der Waals surface area contributed by atoms with Crippen LogP contribution in [0.1, 0.15) is 0 Å². The third-order valence-corrected chi connectivity index (χ3v) is 12.7. The van der Waals surface area contributed by atoms with Crippen LogP contribution in [0.15, 0.2) is 194 Å². The Hall–Kier alpha value is -6.94. The van der Waals surface area contributed by atoms with Gasteiger partial charge in [-0.15, -0.1) is 11.3 Å². The maximum absolute atomic E-state index is 2.43. The van der Waals surface area contributed by atoms with Gasteiger partial charge in [0.1, 0.15) is 0 Å². The van der Waals surface area contributed by atoms with Gasteiger partial charge in [-0.25, -0.2) is 0 Å². The second kappa shape index (κ2) is 11.8. The highest BCUT2D eigenvalue weighted by Gasteiger charge is 2.17. The fourth-order valence-electron chi connectivity index (χ4n) is 8.96. The van der Waals surface area contributed by atoms with E-state index in [1.54, 1.807) is 0 Å². The molecule has 0 aliphatic heterocycles. The molecule has 2 nitrogen and oxygen atoms in total. The summed E-state index contributed by atoms with van der Waals surface area (Å²) in [6, 6.07) is 71.5. The summed E-state index contributed by atoms with van der Waals surface area (Å²) >= 11 is 1.88. The third-order valence-electron chi connectivity index (χ3n) is 11.5. The molecule has 0 unspecified atom stereocenters. The first-order valence-corrected chi connectivity index (χ1v) is 19.7. The Kier molecular flexibility index (Phi) is 6.54. The van der Waals surface area contributed by atoms with Gasteiger partial charge in [0, 0.05) is 53.1 Å². The van der Waals surface area contributed by atoms with E-state index in [-0.39, 0.29) is 0 Å². The molecule has 0 aliphatic rings. The SMILES string of the molecule is c1cc(-c2cccc3c2sc2ccccc23)cc(-n2c3ccccc3c3cc(-c4ccc5c(c4)c4ccccc4n5-c4ccc5ccccc5c4)ccc32)c1. The largest absolute Gasteiger partial charge is 0.309 e. The molecule has 0 saturated carbocycles. The fraction of sp³-hybridized carbons (Fsp3) is 0. The van der Waals surface area contributed by atoms with Gasteiger partial charge in [0.25, 0.3) is 0 Å². The molecule has 12 aromatic rings. The van der Waals surface area contributed by atoms with Crippen molar-refractivity contribution in [3.8, 4) is 33.6 Å². The van der Waals surface area contributed by atoms with E-state index in [2.05, 4.69) is 203 Å². The standard InChI is InChI=1S/C52H32N2S/c1-2-12-34-29-39(26-23-33(34)11-1)54-48-21-7-4-16-42(48)46-32-36(25-28-50(46)54)35-24-27-49-45(31-35)41-15-3-6-20-47(41)53(49)38-14-9-13-37(30-38)40-18-10-19-44-43-17-5-8-22-51(43)55-52(40)44/h1-32H. The summed E-state index contributed by atoms with van der Waals surface area (Å²) in [6.45, 7) is 0. The lowest BCUT2D eigenvalue weighted by Gasteiger charge is -2.11. The van der Waals surface area contributed by atoms with Crippen LogP contribution in [0.4, 0.5) is 0 Å². The van der Waals surface area contributed by atoms with E-state index in [0.29, 0.717) is 0 Å². The monoisotopic (exact) mass is 716 g/mol. The number of nitrogens with zero attached hydrogens (tertiary/aromatic N) is 2. The zero-order valence-corrected chi connectivity index (χ0v) is 30.6. The predicted octanol–water partition coefficient (Wildman–Crippen LogP) is 14.7. The van der Waals surface area contributed by atoms with Crippen LogP contribution in [0.5, 0.6) is 0 Å². The molecule has 0 amide bonds. The first-order chi connectivity index (χ1) is 27.3. The fourth-order valence-corrected chi connectivity index (χ4v) is 10.2. The van der Waals surface area contributed by atoms with Crippen molar-refractivity contribution in [3.05, 3.63) is 194 Å². The van der Waals surface area contributed by atoms with Crippen molar-refractivity contribution in [3.63, 3.8) is 0 Å². The van der Waals surface area contributed by atoms with Crippen LogP contribution in [0.25, 0.3) is 108 Å². The number of hydrogen-bond donors (Lipinski definition) is 0. The van der Waals surface area contributed by atoms with Gasteiger partial charge in [-0.05, 0) is 99.8 Å². The van der Waals surface area contributed by atoms with E-state index in [0.717, 1.165) is 5.69 Å². The minimum atomic E-state index is 1.16. The topological polar surface area (TPSA) is 9.86 Å². The summed E-state index contributed by atoms with van der Waals surface area (Å²) < 4.78 is 7.51. The van der Waals surface area contributed by atoms with E-state index >= 15 is 0 Å². The lowest BCUT2D eigenvalue weighted by atomic mass is 10.0. The van der Waals surface area contributed by atoms with E-state index in [9.17, 15) is 0 Å². The van der Waals surface area contributed by atoms with Crippen LogP contribution in [0.2, 0.25) is 0 Å². The molecule has 0 N–H and O–H groups in total. The lowest BCUT2D eigenvalue weighted by molar-refractivity contribution is 1.18. The molecule has 256 valence electrons. The molecule has 0 bridgehead atoms. The maximum atomic E-state index is 2.43. The van der Waals surface area contributed by atoms with E-state index in [1.807, 2.05) is 11.3 Å². The van der Waals surface area contributed by atoms with Crippen LogP contribution in [-0.2, 0) is 0 Å². The Bertz CT molecular complexity index is 3500. The van der Waals surface area contributed by atoms with Gasteiger partial charge >= 0.3 is 0 Å². The van der Waals surface area contributed by atoms with E-state index < -0.39 is 0 Å². The van der Waals surface area contributed by atoms with E-state index in [1.165, 1.54) is 102 Å². The second-order valence-electron chi connectivity index (χ2n) is 14.5. The van der Waals surface area contributed by atoms with Crippen LogP contribution < -0.4 is 0 Å². The average Bonchev–Trinajstić information content (AvgIpc) is 3.91. The Labute approximate surface area is 321 Å². The Morgan fingerprint density at radius 2 is 0.873 bits per heavy atom. The molecule has 3 heteroatoms. The molecule has 0 spiro atoms. The normalized spacial score (nSPS) is 12.0. The van der Waals surface area contributed by atoms with Crippen molar-refractivity contribution in [2.45, 2.75) is 0 Å². The van der Waals surface area contributed by atoms with Gasteiger partial charge < -0.3 is 9.13 Å². The van der Waals surface area contributed by atoms with Gasteiger partial charge in [0.15, 0.2) is 0 Å². The lowest BCUT2D eigenvalue weighted by Crippen LogP contribution is -1.94. The summed E-state index contributed by atoms with van der Waals surface area (Å²) in [5, 5.41) is 10.2. The first kappa shape index (κ1) is 30.5. The Morgan fingerprint density at radius 3 is 1.60 bits per heavy atom. The predicted molar refractivity (Wildman–Crippen MR) is 236 cm³/mol. The molecule has 0 radical (unpaired) electrons. The number of fused-ring (bicyclic) bond motifs is 10. The number of benzene rings is 9. The Balaban J connectivity index is 1.00. The molecule has 9 aromatic carbocycles. The molecule has 0 fully saturated rings. The van der Waals surface area contributed by atoms with Crippen LogP contribution in [0, 0.1) is 0 Å². The van der Waals surface area contributed by atoms with Crippen molar-refractivity contribution in [2.75, 3.05) is 0 Å². The molecule has 0 saturated heterocycles. The molecule has 0 aliphatic carbocycles. The zero-order chi connectivity index (χ0) is 36.0. The van der Waals surface area contributed by atoms with Gasteiger partial charge in [-0.2, -0.15) is 0 Å². The van der Waals surface area contributed by atoms with Crippen molar-refractivity contribution >= 4 is 85.9 Å². The molecule has 3 aromatic heterocycles. The molecular formula is C52H32N2S. The Morgan fingerprint density at radius 1 is 0.309 bits per heavy atom.